The van der Waals surface area contributed by atoms with Crippen LogP contribution in [-0.4, -0.2) is 16.9 Å². The maximum absolute atomic E-state index is 13.2. The molecule has 1 unspecified atom stereocenters. The first-order chi connectivity index (χ1) is 9.45. The third-order valence-corrected chi connectivity index (χ3v) is 3.02. The van der Waals surface area contributed by atoms with Crippen molar-refractivity contribution in [1.82, 2.24) is 5.32 Å². The zero-order valence-corrected chi connectivity index (χ0v) is 11.7. The Morgan fingerprint density at radius 2 is 2.15 bits per heavy atom. The van der Waals surface area contributed by atoms with Crippen molar-refractivity contribution in [1.29, 1.82) is 0 Å². The summed E-state index contributed by atoms with van der Waals surface area (Å²) in [4.78, 5) is 21.7. The SMILES string of the molecule is CCCCCC(C)NC(=O)c1ccc(F)c([N+](=O)[O-])c1. The average Bonchev–Trinajstić information content (AvgIpc) is 2.39. The molecule has 0 aliphatic carbocycles. The Kier molecular flexibility index (Phi) is 6.09. The molecule has 0 saturated heterocycles. The lowest BCUT2D eigenvalue weighted by molar-refractivity contribution is -0.387. The van der Waals surface area contributed by atoms with E-state index in [1.54, 1.807) is 0 Å². The first kappa shape index (κ1) is 16.1. The molecule has 1 atom stereocenters. The Balaban J connectivity index is 2.68. The maximum atomic E-state index is 13.2. The fourth-order valence-corrected chi connectivity index (χ4v) is 1.87. The molecule has 1 amide bonds. The van der Waals surface area contributed by atoms with Gasteiger partial charge in [-0.15, -0.1) is 0 Å². The standard InChI is InChI=1S/C14H19FN2O3/c1-3-4-5-6-10(2)16-14(18)11-7-8-12(15)13(9-11)17(19)20/h7-10H,3-6H2,1-2H3,(H,16,18). The van der Waals surface area contributed by atoms with E-state index < -0.39 is 22.3 Å². The number of halogens is 1. The number of hydrogen-bond acceptors (Lipinski definition) is 3. The summed E-state index contributed by atoms with van der Waals surface area (Å²) in [5, 5.41) is 13.4. The van der Waals surface area contributed by atoms with E-state index >= 15 is 0 Å². The van der Waals surface area contributed by atoms with Crippen molar-refractivity contribution in [3.63, 3.8) is 0 Å². The molecular weight excluding hydrogens is 263 g/mol. The molecule has 1 aromatic rings. The van der Waals surface area contributed by atoms with Gasteiger partial charge in [-0.3, -0.25) is 14.9 Å². The predicted molar refractivity (Wildman–Crippen MR) is 74.1 cm³/mol. The van der Waals surface area contributed by atoms with Gasteiger partial charge in [0.05, 0.1) is 4.92 Å². The lowest BCUT2D eigenvalue weighted by Gasteiger charge is -2.13. The highest BCUT2D eigenvalue weighted by Crippen LogP contribution is 2.18. The number of nitrogens with one attached hydrogen (secondary N) is 1. The molecule has 0 bridgehead atoms. The van der Waals surface area contributed by atoms with E-state index in [0.717, 1.165) is 37.8 Å². The van der Waals surface area contributed by atoms with Crippen LogP contribution in [0.15, 0.2) is 18.2 Å². The molecule has 0 spiro atoms. The van der Waals surface area contributed by atoms with Crippen LogP contribution in [0.3, 0.4) is 0 Å². The normalized spacial score (nSPS) is 11.9. The molecule has 0 aliphatic heterocycles. The molecular formula is C14H19FN2O3. The quantitative estimate of drug-likeness (QED) is 0.473. The third-order valence-electron chi connectivity index (χ3n) is 3.02. The summed E-state index contributed by atoms with van der Waals surface area (Å²) in [5.74, 6) is -1.36. The molecule has 0 radical (unpaired) electrons. The van der Waals surface area contributed by atoms with E-state index in [-0.39, 0.29) is 11.6 Å². The van der Waals surface area contributed by atoms with E-state index in [9.17, 15) is 19.3 Å². The molecule has 0 aromatic heterocycles. The summed E-state index contributed by atoms with van der Waals surface area (Å²) in [6.07, 6.45) is 4.07. The van der Waals surface area contributed by atoms with Crippen LogP contribution in [0.4, 0.5) is 10.1 Å². The number of nitrogens with zero attached hydrogens (tertiary/aromatic N) is 1. The fraction of sp³-hybridized carbons (Fsp3) is 0.500. The molecule has 0 aliphatic rings. The van der Waals surface area contributed by atoms with E-state index in [1.165, 1.54) is 6.07 Å². The zero-order valence-electron chi connectivity index (χ0n) is 11.7. The summed E-state index contributed by atoms with van der Waals surface area (Å²) >= 11 is 0. The Morgan fingerprint density at radius 1 is 1.45 bits per heavy atom. The van der Waals surface area contributed by atoms with E-state index in [0.29, 0.717) is 0 Å². The number of nitro benzene ring substituents is 1. The zero-order chi connectivity index (χ0) is 15.1. The Labute approximate surface area is 117 Å². The largest absolute Gasteiger partial charge is 0.350 e. The van der Waals surface area contributed by atoms with Crippen LogP contribution in [0.5, 0.6) is 0 Å². The van der Waals surface area contributed by atoms with Crippen LogP contribution in [0.2, 0.25) is 0 Å². The third kappa shape index (κ3) is 4.60. The number of nitro groups is 1. The van der Waals surface area contributed by atoms with Crippen molar-refractivity contribution in [2.75, 3.05) is 0 Å². The molecule has 0 saturated carbocycles. The van der Waals surface area contributed by atoms with Gasteiger partial charge in [0.2, 0.25) is 5.82 Å². The molecule has 0 fully saturated rings. The van der Waals surface area contributed by atoms with Gasteiger partial charge in [-0.05, 0) is 25.5 Å². The molecule has 0 heterocycles. The Bertz CT molecular complexity index is 491. The molecule has 20 heavy (non-hydrogen) atoms. The number of benzene rings is 1. The Morgan fingerprint density at radius 3 is 2.75 bits per heavy atom. The topological polar surface area (TPSA) is 72.2 Å². The van der Waals surface area contributed by atoms with Crippen molar-refractivity contribution < 1.29 is 14.1 Å². The van der Waals surface area contributed by atoms with Crippen molar-refractivity contribution in [3.8, 4) is 0 Å². The number of hydrogen-bond donors (Lipinski definition) is 1. The molecule has 1 rings (SSSR count). The van der Waals surface area contributed by atoms with Gasteiger partial charge in [0.25, 0.3) is 5.91 Å². The first-order valence-electron chi connectivity index (χ1n) is 6.70. The second-order valence-corrected chi connectivity index (χ2v) is 4.79. The maximum Gasteiger partial charge on any atom is 0.305 e. The average molecular weight is 282 g/mol. The van der Waals surface area contributed by atoms with Gasteiger partial charge in [0.1, 0.15) is 0 Å². The van der Waals surface area contributed by atoms with Gasteiger partial charge in [0.15, 0.2) is 0 Å². The lowest BCUT2D eigenvalue weighted by atomic mass is 10.1. The van der Waals surface area contributed by atoms with Gasteiger partial charge in [0, 0.05) is 17.7 Å². The number of amides is 1. The highest BCUT2D eigenvalue weighted by Gasteiger charge is 2.18. The molecule has 6 heteroatoms. The summed E-state index contributed by atoms with van der Waals surface area (Å²) in [5.41, 5.74) is -0.586. The minimum absolute atomic E-state index is 0.0156. The van der Waals surface area contributed by atoms with Crippen LogP contribution >= 0.6 is 0 Å². The van der Waals surface area contributed by atoms with Crippen LogP contribution in [0.25, 0.3) is 0 Å². The van der Waals surface area contributed by atoms with Crippen molar-refractivity contribution >= 4 is 11.6 Å². The molecule has 1 N–H and O–H groups in total. The minimum atomic E-state index is -0.942. The highest BCUT2D eigenvalue weighted by molar-refractivity contribution is 5.95. The molecule has 1 aromatic carbocycles. The second-order valence-electron chi connectivity index (χ2n) is 4.79. The van der Waals surface area contributed by atoms with Gasteiger partial charge in [-0.25, -0.2) is 0 Å². The van der Waals surface area contributed by atoms with Crippen LogP contribution in [-0.2, 0) is 0 Å². The van der Waals surface area contributed by atoms with E-state index in [1.807, 2.05) is 6.92 Å². The van der Waals surface area contributed by atoms with Crippen LogP contribution < -0.4 is 5.32 Å². The number of carbonyl (C=O) groups excluding carboxylic acids is 1. The smallest absolute Gasteiger partial charge is 0.305 e. The summed E-state index contributed by atoms with van der Waals surface area (Å²) in [7, 11) is 0. The monoisotopic (exact) mass is 282 g/mol. The number of carbonyl (C=O) groups is 1. The molecule has 110 valence electrons. The van der Waals surface area contributed by atoms with E-state index in [4.69, 9.17) is 0 Å². The van der Waals surface area contributed by atoms with Gasteiger partial charge >= 0.3 is 5.69 Å². The second kappa shape index (κ2) is 7.57. The minimum Gasteiger partial charge on any atom is -0.350 e. The van der Waals surface area contributed by atoms with Crippen molar-refractivity contribution in [3.05, 3.63) is 39.7 Å². The summed E-state index contributed by atoms with van der Waals surface area (Å²) in [6.45, 7) is 3.98. The van der Waals surface area contributed by atoms with Crippen LogP contribution in [0, 0.1) is 15.9 Å². The number of rotatable bonds is 7. The van der Waals surface area contributed by atoms with Crippen molar-refractivity contribution in [2.24, 2.45) is 0 Å². The van der Waals surface area contributed by atoms with Gasteiger partial charge in [-0.2, -0.15) is 4.39 Å². The fourth-order valence-electron chi connectivity index (χ4n) is 1.87. The molecule has 5 nitrogen and oxygen atoms in total. The lowest BCUT2D eigenvalue weighted by Crippen LogP contribution is -2.32. The van der Waals surface area contributed by atoms with Crippen LogP contribution in [0.1, 0.15) is 49.9 Å². The predicted octanol–water partition coefficient (Wildman–Crippen LogP) is 3.43. The number of unbranched alkanes of at least 4 members (excludes halogenated alkanes) is 2. The first-order valence-corrected chi connectivity index (χ1v) is 6.70. The van der Waals surface area contributed by atoms with Gasteiger partial charge in [-0.1, -0.05) is 26.2 Å². The van der Waals surface area contributed by atoms with Gasteiger partial charge < -0.3 is 5.32 Å². The summed E-state index contributed by atoms with van der Waals surface area (Å²) < 4.78 is 13.2. The summed E-state index contributed by atoms with van der Waals surface area (Å²) in [6, 6.07) is 3.13. The Hall–Kier alpha value is -1.98. The van der Waals surface area contributed by atoms with Crippen molar-refractivity contribution in [2.45, 2.75) is 45.6 Å². The van der Waals surface area contributed by atoms with E-state index in [2.05, 4.69) is 12.2 Å². The highest BCUT2D eigenvalue weighted by atomic mass is 19.1.